The van der Waals surface area contributed by atoms with Gasteiger partial charge in [-0.3, -0.25) is 4.79 Å². The molecular formula is C20H22BrNO3S2. The number of esters is 1. The van der Waals surface area contributed by atoms with Crippen molar-refractivity contribution in [2.24, 2.45) is 5.92 Å². The summed E-state index contributed by atoms with van der Waals surface area (Å²) in [6, 6.07) is 7.84. The molecule has 4 nitrogen and oxygen atoms in total. The van der Waals surface area contributed by atoms with Crippen LogP contribution in [0.3, 0.4) is 0 Å². The molecule has 0 bridgehead atoms. The lowest BCUT2D eigenvalue weighted by Gasteiger charge is -2.18. The van der Waals surface area contributed by atoms with Gasteiger partial charge in [-0.2, -0.15) is 0 Å². The molecule has 1 aliphatic rings. The van der Waals surface area contributed by atoms with Gasteiger partial charge in [0.25, 0.3) is 0 Å². The topological polar surface area (TPSA) is 55.4 Å². The standard InChI is InChI=1S/C20H22BrNO3S2/c1-3-25-20(24)18-15-9-4-12(2)10-16(15)27-19(18)22-17(23)11-26-14-7-5-13(21)6-8-14/h5-8,12H,3-4,9-11H2,1-2H3,(H,22,23). The van der Waals surface area contributed by atoms with Gasteiger partial charge in [0, 0.05) is 14.2 Å². The van der Waals surface area contributed by atoms with Crippen LogP contribution in [-0.2, 0) is 22.4 Å². The monoisotopic (exact) mass is 467 g/mol. The van der Waals surface area contributed by atoms with Crippen molar-refractivity contribution >= 4 is 55.9 Å². The fourth-order valence-electron chi connectivity index (χ4n) is 3.10. The van der Waals surface area contributed by atoms with Gasteiger partial charge >= 0.3 is 5.97 Å². The summed E-state index contributed by atoms with van der Waals surface area (Å²) in [5.74, 6) is 0.450. The summed E-state index contributed by atoms with van der Waals surface area (Å²) < 4.78 is 6.26. The van der Waals surface area contributed by atoms with Crippen LogP contribution in [0.1, 0.15) is 41.1 Å². The molecule has 0 spiro atoms. The second-order valence-corrected chi connectivity index (χ2v) is 9.64. The normalized spacial score (nSPS) is 15.9. The zero-order valence-corrected chi connectivity index (χ0v) is 18.6. The Hall–Kier alpha value is -1.31. The third kappa shape index (κ3) is 5.15. The number of carbonyl (C=O) groups is 2. The second kappa shape index (κ2) is 9.26. The van der Waals surface area contributed by atoms with Crippen LogP contribution in [0.25, 0.3) is 0 Å². The first-order valence-corrected chi connectivity index (χ1v) is 11.6. The zero-order valence-electron chi connectivity index (χ0n) is 15.3. The Bertz CT molecular complexity index is 832. The molecule has 1 N–H and O–H groups in total. The minimum absolute atomic E-state index is 0.111. The summed E-state index contributed by atoms with van der Waals surface area (Å²) in [6.45, 7) is 4.35. The summed E-state index contributed by atoms with van der Waals surface area (Å²) in [5, 5.41) is 3.59. The Balaban J connectivity index is 1.73. The summed E-state index contributed by atoms with van der Waals surface area (Å²) in [5.41, 5.74) is 1.62. The molecule has 144 valence electrons. The van der Waals surface area contributed by atoms with Crippen LogP contribution in [-0.4, -0.2) is 24.2 Å². The summed E-state index contributed by atoms with van der Waals surface area (Å²) in [4.78, 5) is 27.2. The van der Waals surface area contributed by atoms with Crippen molar-refractivity contribution in [1.29, 1.82) is 0 Å². The average Bonchev–Trinajstić information content (AvgIpc) is 2.98. The molecule has 27 heavy (non-hydrogen) atoms. The van der Waals surface area contributed by atoms with E-state index in [1.165, 1.54) is 28.0 Å². The molecule has 1 aromatic carbocycles. The van der Waals surface area contributed by atoms with Gasteiger partial charge in [-0.15, -0.1) is 23.1 Å². The molecule has 1 aromatic heterocycles. The molecule has 1 unspecified atom stereocenters. The molecular weight excluding hydrogens is 446 g/mol. The van der Waals surface area contributed by atoms with Crippen LogP contribution >= 0.6 is 39.0 Å². The number of halogens is 1. The predicted octanol–water partition coefficient (Wildman–Crippen LogP) is 5.54. The minimum atomic E-state index is -0.333. The lowest BCUT2D eigenvalue weighted by molar-refractivity contribution is -0.113. The SMILES string of the molecule is CCOC(=O)c1c(NC(=O)CSc2ccc(Br)cc2)sc2c1CCC(C)C2. The molecule has 0 saturated carbocycles. The molecule has 0 aliphatic heterocycles. The zero-order chi connectivity index (χ0) is 19.4. The largest absolute Gasteiger partial charge is 0.462 e. The van der Waals surface area contributed by atoms with Gasteiger partial charge in [0.1, 0.15) is 5.00 Å². The Labute approximate surface area is 176 Å². The van der Waals surface area contributed by atoms with Crippen molar-refractivity contribution in [2.75, 3.05) is 17.7 Å². The quantitative estimate of drug-likeness (QED) is 0.447. The number of anilines is 1. The molecule has 0 fully saturated rings. The number of thiophene rings is 1. The highest BCUT2D eigenvalue weighted by Crippen LogP contribution is 2.40. The van der Waals surface area contributed by atoms with Crippen molar-refractivity contribution in [3.8, 4) is 0 Å². The van der Waals surface area contributed by atoms with E-state index in [0.717, 1.165) is 34.2 Å². The second-order valence-electron chi connectivity index (χ2n) is 6.57. The summed E-state index contributed by atoms with van der Waals surface area (Å²) in [6.07, 6.45) is 2.88. The average molecular weight is 468 g/mol. The van der Waals surface area contributed by atoms with E-state index >= 15 is 0 Å². The fraction of sp³-hybridized carbons (Fsp3) is 0.400. The van der Waals surface area contributed by atoms with Crippen molar-refractivity contribution in [3.63, 3.8) is 0 Å². The van der Waals surface area contributed by atoms with Crippen LogP contribution < -0.4 is 5.32 Å². The number of fused-ring (bicyclic) bond motifs is 1. The minimum Gasteiger partial charge on any atom is -0.462 e. The third-order valence-corrected chi connectivity index (χ3v) is 7.14. The van der Waals surface area contributed by atoms with E-state index in [1.807, 2.05) is 24.3 Å². The van der Waals surface area contributed by atoms with Crippen LogP contribution in [0.5, 0.6) is 0 Å². The van der Waals surface area contributed by atoms with E-state index in [9.17, 15) is 9.59 Å². The van der Waals surface area contributed by atoms with Crippen molar-refractivity contribution in [3.05, 3.63) is 44.7 Å². The third-order valence-electron chi connectivity index (χ3n) is 4.43. The first-order valence-electron chi connectivity index (χ1n) is 8.97. The number of carbonyl (C=O) groups excluding carboxylic acids is 2. The number of rotatable bonds is 6. The summed E-state index contributed by atoms with van der Waals surface area (Å²) in [7, 11) is 0. The number of benzene rings is 1. The van der Waals surface area contributed by atoms with Crippen molar-refractivity contribution < 1.29 is 14.3 Å². The van der Waals surface area contributed by atoms with E-state index in [-0.39, 0.29) is 11.9 Å². The molecule has 1 amide bonds. The van der Waals surface area contributed by atoms with Gasteiger partial charge in [-0.1, -0.05) is 22.9 Å². The van der Waals surface area contributed by atoms with Gasteiger partial charge in [-0.05, 0) is 61.9 Å². The number of hydrogen-bond acceptors (Lipinski definition) is 5. The number of thioether (sulfide) groups is 1. The lowest BCUT2D eigenvalue weighted by Crippen LogP contribution is -2.17. The number of ether oxygens (including phenoxy) is 1. The highest BCUT2D eigenvalue weighted by atomic mass is 79.9. The van der Waals surface area contributed by atoms with Crippen LogP contribution in [0, 0.1) is 5.92 Å². The Morgan fingerprint density at radius 1 is 1.33 bits per heavy atom. The van der Waals surface area contributed by atoms with Crippen molar-refractivity contribution in [1.82, 2.24) is 0 Å². The number of hydrogen-bond donors (Lipinski definition) is 1. The van der Waals surface area contributed by atoms with E-state index in [4.69, 9.17) is 4.74 Å². The molecule has 1 aliphatic carbocycles. The van der Waals surface area contributed by atoms with E-state index in [2.05, 4.69) is 28.2 Å². The highest BCUT2D eigenvalue weighted by Gasteiger charge is 2.29. The van der Waals surface area contributed by atoms with Crippen LogP contribution in [0.15, 0.2) is 33.6 Å². The molecule has 0 radical (unpaired) electrons. The molecule has 0 saturated heterocycles. The smallest absolute Gasteiger partial charge is 0.341 e. The lowest BCUT2D eigenvalue weighted by atomic mass is 9.88. The van der Waals surface area contributed by atoms with E-state index in [0.29, 0.717) is 28.8 Å². The van der Waals surface area contributed by atoms with Gasteiger partial charge in [0.2, 0.25) is 5.91 Å². The Kier molecular flexibility index (Phi) is 7.00. The number of nitrogens with one attached hydrogen (secondary N) is 1. The first-order chi connectivity index (χ1) is 13.0. The van der Waals surface area contributed by atoms with Gasteiger partial charge < -0.3 is 10.1 Å². The van der Waals surface area contributed by atoms with Crippen LogP contribution in [0.4, 0.5) is 5.00 Å². The predicted molar refractivity (Wildman–Crippen MR) is 115 cm³/mol. The maximum atomic E-state index is 12.5. The van der Waals surface area contributed by atoms with Gasteiger partial charge in [-0.25, -0.2) is 4.79 Å². The maximum absolute atomic E-state index is 12.5. The van der Waals surface area contributed by atoms with E-state index < -0.39 is 0 Å². The Morgan fingerprint density at radius 2 is 2.07 bits per heavy atom. The molecule has 3 rings (SSSR count). The van der Waals surface area contributed by atoms with Gasteiger partial charge in [0.05, 0.1) is 17.9 Å². The molecule has 1 heterocycles. The maximum Gasteiger partial charge on any atom is 0.341 e. The molecule has 2 aromatic rings. The van der Waals surface area contributed by atoms with E-state index in [1.54, 1.807) is 6.92 Å². The first kappa shape index (κ1) is 20.4. The highest BCUT2D eigenvalue weighted by molar-refractivity contribution is 9.10. The molecule has 7 heteroatoms. The number of amides is 1. The fourth-order valence-corrected chi connectivity index (χ4v) is 5.48. The molecule has 1 atom stereocenters. The Morgan fingerprint density at radius 3 is 2.78 bits per heavy atom. The summed E-state index contributed by atoms with van der Waals surface area (Å²) >= 11 is 6.40. The van der Waals surface area contributed by atoms with Gasteiger partial charge in [0.15, 0.2) is 0 Å². The van der Waals surface area contributed by atoms with Crippen molar-refractivity contribution in [2.45, 2.75) is 38.0 Å². The van der Waals surface area contributed by atoms with Crippen LogP contribution in [0.2, 0.25) is 0 Å².